The molecule has 1 aliphatic heterocycles. The average Bonchev–Trinajstić information content (AvgIpc) is 2.54. The molecule has 2 aromatic carbocycles. The summed E-state index contributed by atoms with van der Waals surface area (Å²) in [6, 6.07) is 9.24. The van der Waals surface area contributed by atoms with E-state index in [0.717, 1.165) is 36.1 Å². The standard InChI is InChI=1S/C18H21NO4/c1-22-17-4-3-11(8-15(17)20)7-14-13-10-18(23-2)16(21)9-12(13)5-6-19-14/h3-4,8-10,14,19-21H,5-7H2,1-2H3. The first-order valence-corrected chi connectivity index (χ1v) is 7.61. The van der Waals surface area contributed by atoms with E-state index in [-0.39, 0.29) is 17.5 Å². The topological polar surface area (TPSA) is 71.0 Å². The quantitative estimate of drug-likeness (QED) is 0.809. The average molecular weight is 315 g/mol. The summed E-state index contributed by atoms with van der Waals surface area (Å²) in [4.78, 5) is 0. The first-order valence-electron chi connectivity index (χ1n) is 7.61. The molecule has 0 aromatic heterocycles. The molecule has 0 bridgehead atoms. The maximum absolute atomic E-state index is 9.94. The minimum atomic E-state index is 0.112. The van der Waals surface area contributed by atoms with E-state index < -0.39 is 0 Å². The summed E-state index contributed by atoms with van der Waals surface area (Å²) in [6.07, 6.45) is 1.61. The molecule has 0 radical (unpaired) electrons. The van der Waals surface area contributed by atoms with Gasteiger partial charge in [0, 0.05) is 6.04 Å². The number of fused-ring (bicyclic) bond motifs is 1. The molecule has 0 fully saturated rings. The highest BCUT2D eigenvalue weighted by Gasteiger charge is 2.22. The number of phenolic OH excluding ortho intramolecular Hbond substituents is 2. The molecule has 0 saturated carbocycles. The third-order valence-electron chi connectivity index (χ3n) is 4.28. The van der Waals surface area contributed by atoms with Crippen LogP contribution in [0.15, 0.2) is 30.3 Å². The lowest BCUT2D eigenvalue weighted by atomic mass is 9.90. The third kappa shape index (κ3) is 3.05. The van der Waals surface area contributed by atoms with E-state index in [1.165, 1.54) is 7.11 Å². The summed E-state index contributed by atoms with van der Waals surface area (Å²) in [7, 11) is 3.08. The summed E-state index contributed by atoms with van der Waals surface area (Å²) < 4.78 is 10.3. The van der Waals surface area contributed by atoms with Crippen LogP contribution in [0.5, 0.6) is 23.0 Å². The Morgan fingerprint density at radius 2 is 1.78 bits per heavy atom. The number of hydrogen-bond donors (Lipinski definition) is 3. The summed E-state index contributed by atoms with van der Waals surface area (Å²) in [5.74, 6) is 1.27. The summed E-state index contributed by atoms with van der Waals surface area (Å²) >= 11 is 0. The first-order chi connectivity index (χ1) is 11.1. The largest absolute Gasteiger partial charge is 0.504 e. The van der Waals surface area contributed by atoms with Gasteiger partial charge in [0.1, 0.15) is 0 Å². The fraction of sp³-hybridized carbons (Fsp3) is 0.333. The number of nitrogens with one attached hydrogen (secondary N) is 1. The number of benzene rings is 2. The molecule has 3 rings (SSSR count). The van der Waals surface area contributed by atoms with E-state index in [1.54, 1.807) is 25.3 Å². The molecule has 2 aromatic rings. The highest BCUT2D eigenvalue weighted by molar-refractivity contribution is 5.49. The maximum atomic E-state index is 9.94. The van der Waals surface area contributed by atoms with Gasteiger partial charge in [-0.25, -0.2) is 0 Å². The van der Waals surface area contributed by atoms with Crippen LogP contribution >= 0.6 is 0 Å². The molecule has 5 heteroatoms. The summed E-state index contributed by atoms with van der Waals surface area (Å²) in [6.45, 7) is 0.853. The third-order valence-corrected chi connectivity index (χ3v) is 4.28. The molecular weight excluding hydrogens is 294 g/mol. The Morgan fingerprint density at radius 1 is 1.04 bits per heavy atom. The monoisotopic (exact) mass is 315 g/mol. The van der Waals surface area contributed by atoms with Crippen LogP contribution in [0, 0.1) is 0 Å². The molecule has 0 amide bonds. The van der Waals surface area contributed by atoms with Crippen LogP contribution in [0.2, 0.25) is 0 Å². The number of methoxy groups -OCH3 is 2. The van der Waals surface area contributed by atoms with Gasteiger partial charge < -0.3 is 25.0 Å². The van der Waals surface area contributed by atoms with E-state index >= 15 is 0 Å². The lowest BCUT2D eigenvalue weighted by molar-refractivity contribution is 0.369. The van der Waals surface area contributed by atoms with Gasteiger partial charge in [0.25, 0.3) is 0 Å². The van der Waals surface area contributed by atoms with Crippen LogP contribution in [0.3, 0.4) is 0 Å². The Morgan fingerprint density at radius 3 is 2.48 bits per heavy atom. The van der Waals surface area contributed by atoms with Crippen molar-refractivity contribution in [3.05, 3.63) is 47.0 Å². The maximum Gasteiger partial charge on any atom is 0.160 e. The van der Waals surface area contributed by atoms with Gasteiger partial charge in [0.2, 0.25) is 0 Å². The van der Waals surface area contributed by atoms with Crippen molar-refractivity contribution in [2.24, 2.45) is 0 Å². The number of ether oxygens (including phenoxy) is 2. The molecule has 1 aliphatic rings. The summed E-state index contributed by atoms with van der Waals surface area (Å²) in [5.41, 5.74) is 3.27. The Balaban J connectivity index is 1.89. The zero-order chi connectivity index (χ0) is 16.4. The normalized spacial score (nSPS) is 16.7. The molecule has 0 saturated heterocycles. The van der Waals surface area contributed by atoms with E-state index in [1.807, 2.05) is 12.1 Å². The minimum Gasteiger partial charge on any atom is -0.504 e. The van der Waals surface area contributed by atoms with Gasteiger partial charge in [-0.2, -0.15) is 0 Å². The van der Waals surface area contributed by atoms with Gasteiger partial charge >= 0.3 is 0 Å². The second-order valence-electron chi connectivity index (χ2n) is 5.69. The Kier molecular flexibility index (Phi) is 4.30. The molecule has 5 nitrogen and oxygen atoms in total. The van der Waals surface area contributed by atoms with Gasteiger partial charge in [-0.05, 0) is 60.3 Å². The van der Waals surface area contributed by atoms with Crippen LogP contribution in [0.1, 0.15) is 22.7 Å². The Bertz CT molecular complexity index is 714. The van der Waals surface area contributed by atoms with Gasteiger partial charge in [0.15, 0.2) is 23.0 Å². The fourth-order valence-corrected chi connectivity index (χ4v) is 3.10. The predicted molar refractivity (Wildman–Crippen MR) is 87.5 cm³/mol. The lowest BCUT2D eigenvalue weighted by Crippen LogP contribution is -2.31. The predicted octanol–water partition coefficient (Wildman–Crippen LogP) is 2.54. The van der Waals surface area contributed by atoms with Crippen LogP contribution in [-0.2, 0) is 12.8 Å². The van der Waals surface area contributed by atoms with E-state index in [2.05, 4.69) is 5.32 Å². The highest BCUT2D eigenvalue weighted by atomic mass is 16.5. The van der Waals surface area contributed by atoms with Crippen molar-refractivity contribution in [1.82, 2.24) is 5.32 Å². The van der Waals surface area contributed by atoms with Crippen LogP contribution < -0.4 is 14.8 Å². The van der Waals surface area contributed by atoms with Gasteiger partial charge in [-0.1, -0.05) is 6.07 Å². The van der Waals surface area contributed by atoms with Crippen molar-refractivity contribution in [1.29, 1.82) is 0 Å². The zero-order valence-electron chi connectivity index (χ0n) is 13.3. The number of hydrogen-bond acceptors (Lipinski definition) is 5. The van der Waals surface area contributed by atoms with Crippen molar-refractivity contribution in [3.8, 4) is 23.0 Å². The van der Waals surface area contributed by atoms with Crippen molar-refractivity contribution in [2.75, 3.05) is 20.8 Å². The van der Waals surface area contributed by atoms with Crippen molar-refractivity contribution in [3.63, 3.8) is 0 Å². The number of aromatic hydroxyl groups is 2. The number of rotatable bonds is 4. The Labute approximate surface area is 135 Å². The Hall–Kier alpha value is -2.40. The second-order valence-corrected chi connectivity index (χ2v) is 5.69. The second kappa shape index (κ2) is 6.38. The molecule has 1 unspecified atom stereocenters. The van der Waals surface area contributed by atoms with Crippen LogP contribution in [0.4, 0.5) is 0 Å². The lowest BCUT2D eigenvalue weighted by Gasteiger charge is -2.28. The van der Waals surface area contributed by atoms with E-state index in [9.17, 15) is 10.2 Å². The van der Waals surface area contributed by atoms with E-state index in [4.69, 9.17) is 9.47 Å². The van der Waals surface area contributed by atoms with Crippen molar-refractivity contribution in [2.45, 2.75) is 18.9 Å². The zero-order valence-corrected chi connectivity index (χ0v) is 13.3. The summed E-state index contributed by atoms with van der Waals surface area (Å²) in [5, 5.41) is 23.4. The molecular formula is C18H21NO4. The molecule has 122 valence electrons. The first kappa shape index (κ1) is 15.5. The SMILES string of the molecule is COc1ccc(CC2NCCc3cc(O)c(OC)cc32)cc1O. The van der Waals surface area contributed by atoms with E-state index in [0.29, 0.717) is 11.5 Å². The molecule has 0 spiro atoms. The molecule has 0 aliphatic carbocycles. The van der Waals surface area contributed by atoms with Crippen molar-refractivity contribution < 1.29 is 19.7 Å². The number of phenols is 2. The van der Waals surface area contributed by atoms with Crippen LogP contribution in [-0.4, -0.2) is 31.0 Å². The van der Waals surface area contributed by atoms with Gasteiger partial charge in [0.05, 0.1) is 14.2 Å². The smallest absolute Gasteiger partial charge is 0.160 e. The minimum absolute atomic E-state index is 0.112. The fourth-order valence-electron chi connectivity index (χ4n) is 3.10. The highest BCUT2D eigenvalue weighted by Crippen LogP contribution is 2.36. The molecule has 1 atom stereocenters. The molecule has 23 heavy (non-hydrogen) atoms. The van der Waals surface area contributed by atoms with Crippen molar-refractivity contribution >= 4 is 0 Å². The molecule has 1 heterocycles. The van der Waals surface area contributed by atoms with Gasteiger partial charge in [-0.15, -0.1) is 0 Å². The van der Waals surface area contributed by atoms with Crippen LogP contribution in [0.25, 0.3) is 0 Å². The van der Waals surface area contributed by atoms with Gasteiger partial charge in [-0.3, -0.25) is 0 Å². The molecule has 3 N–H and O–H groups in total.